The molecule has 4 atom stereocenters. The van der Waals surface area contributed by atoms with Crippen LogP contribution in [0.2, 0.25) is 0 Å². The summed E-state index contributed by atoms with van der Waals surface area (Å²) in [6.45, 7) is 13.5. The van der Waals surface area contributed by atoms with Crippen LogP contribution in [-0.2, 0) is 19.2 Å². The minimum Gasteiger partial charge on any atom is -0.382 e. The van der Waals surface area contributed by atoms with E-state index < -0.39 is 24.4 Å². The van der Waals surface area contributed by atoms with Crippen LogP contribution in [0.25, 0.3) is 0 Å². The minimum atomic E-state index is -1.31. The lowest BCUT2D eigenvalue weighted by Gasteiger charge is -2.31. The number of aliphatic hydroxyl groups is 4. The lowest BCUT2D eigenvalue weighted by molar-refractivity contribution is -0.143. The Labute approximate surface area is 581 Å². The molecular weight excluding hydrogens is 1170 g/mol. The first-order chi connectivity index (χ1) is 45.5. The first-order valence-corrected chi connectivity index (χ1v) is 40.4. The van der Waals surface area contributed by atoms with E-state index in [1.807, 2.05) is 16.8 Å². The molecule has 4 N–H and O–H groups in total. The molecule has 15 nitrogen and oxygen atoms in total. The molecule has 0 saturated heterocycles. The Hall–Kier alpha value is -2.40. The zero-order chi connectivity index (χ0) is 69.5. The molecule has 15 heteroatoms. The standard InChI is InChI=1S/C79H159N7O8/c1-10-14-18-22-26-30-34-38-42-46-50-54-62-81(6)76(91)72(87)68-85(69-73(88)77(92)82(7)63-55-51-47-43-39-35-31-27-23-19-15-11-2)66-58-60-80(5)61-59-67-86(70-74(89)78(93)83(8)64-56-52-48-44-40-36-32-28-24-20-16-12-3)71-75(90)79(94)84(9)65-57-53-49-45-41-37-33-29-25-21-17-13-4/h72-75,87-90H,10-71H2,1-9H3. The predicted octanol–water partition coefficient (Wildman–Crippen LogP) is 16.4. The number of hydrogen-bond donors (Lipinski definition) is 4. The molecular formula is C79H159N7O8. The Balaban J connectivity index is 5.74. The van der Waals surface area contributed by atoms with Gasteiger partial charge in [0.1, 0.15) is 24.4 Å². The SMILES string of the molecule is CCCCCCCCCCCCCCN(C)C(=O)C(O)CN(CCCN(C)CCCN(CC(O)C(=O)N(C)CCCCCCCCCCCCCC)CC(O)C(=O)N(C)CCCCCCCCCCCCCC)CC(O)C(=O)N(C)CCCCCCCCCCCCCC. The van der Waals surface area contributed by atoms with E-state index in [1.165, 1.54) is 231 Å². The number of rotatable bonds is 72. The number of amides is 4. The Morgan fingerprint density at radius 2 is 0.362 bits per heavy atom. The van der Waals surface area contributed by atoms with Crippen molar-refractivity contribution in [2.45, 2.75) is 373 Å². The van der Waals surface area contributed by atoms with Gasteiger partial charge in [0.25, 0.3) is 23.6 Å². The largest absolute Gasteiger partial charge is 0.382 e. The lowest BCUT2D eigenvalue weighted by Crippen LogP contribution is -2.49. The van der Waals surface area contributed by atoms with Gasteiger partial charge in [0.2, 0.25) is 0 Å². The van der Waals surface area contributed by atoms with Crippen LogP contribution in [0, 0.1) is 0 Å². The number of hydrogen-bond acceptors (Lipinski definition) is 11. The molecule has 0 rings (SSSR count). The molecule has 0 radical (unpaired) electrons. The molecule has 0 spiro atoms. The second-order valence-electron chi connectivity index (χ2n) is 29.2. The topological polar surface area (TPSA) is 172 Å². The van der Waals surface area contributed by atoms with Crippen molar-refractivity contribution in [1.29, 1.82) is 0 Å². The van der Waals surface area contributed by atoms with Gasteiger partial charge in [0.15, 0.2) is 0 Å². The summed E-state index contributed by atoms with van der Waals surface area (Å²) in [5.41, 5.74) is 0. The summed E-state index contributed by atoms with van der Waals surface area (Å²) in [6, 6.07) is 0. The fraction of sp³-hybridized carbons (Fsp3) is 0.949. The van der Waals surface area contributed by atoms with Gasteiger partial charge < -0.3 is 44.9 Å². The zero-order valence-electron chi connectivity index (χ0n) is 63.7. The highest BCUT2D eigenvalue weighted by Crippen LogP contribution is 2.18. The summed E-state index contributed by atoms with van der Waals surface area (Å²) >= 11 is 0. The zero-order valence-corrected chi connectivity index (χ0v) is 63.7. The summed E-state index contributed by atoms with van der Waals surface area (Å²) in [5.74, 6) is -1.40. The highest BCUT2D eigenvalue weighted by molar-refractivity contribution is 5.82. The van der Waals surface area contributed by atoms with Crippen LogP contribution in [0.3, 0.4) is 0 Å². The van der Waals surface area contributed by atoms with Crippen LogP contribution in [0.15, 0.2) is 0 Å². The van der Waals surface area contributed by atoms with Gasteiger partial charge in [-0.05, 0) is 71.8 Å². The maximum absolute atomic E-state index is 13.6. The second kappa shape index (κ2) is 66.5. The molecule has 4 amide bonds. The normalized spacial score (nSPS) is 13.1. The maximum Gasteiger partial charge on any atom is 0.252 e. The molecule has 0 heterocycles. The summed E-state index contributed by atoms with van der Waals surface area (Å²) in [6.07, 6.45) is 55.2. The highest BCUT2D eigenvalue weighted by atomic mass is 16.3. The molecule has 0 aromatic rings. The molecule has 4 unspecified atom stereocenters. The van der Waals surface area contributed by atoms with Gasteiger partial charge in [-0.1, -0.05) is 310 Å². The number of aliphatic hydroxyl groups excluding tert-OH is 4. The third kappa shape index (κ3) is 54.5. The summed E-state index contributed by atoms with van der Waals surface area (Å²) in [4.78, 5) is 66.9. The van der Waals surface area contributed by atoms with Crippen molar-refractivity contribution < 1.29 is 39.6 Å². The van der Waals surface area contributed by atoms with Crippen molar-refractivity contribution in [3.05, 3.63) is 0 Å². The van der Waals surface area contributed by atoms with E-state index in [1.54, 1.807) is 47.8 Å². The van der Waals surface area contributed by atoms with E-state index >= 15 is 0 Å². The van der Waals surface area contributed by atoms with Crippen molar-refractivity contribution in [2.24, 2.45) is 0 Å². The molecule has 94 heavy (non-hydrogen) atoms. The molecule has 0 aliphatic heterocycles. The fourth-order valence-electron chi connectivity index (χ4n) is 13.3. The molecule has 0 aromatic heterocycles. The van der Waals surface area contributed by atoms with Crippen molar-refractivity contribution >= 4 is 23.6 Å². The monoisotopic (exact) mass is 1330 g/mol. The van der Waals surface area contributed by atoms with Gasteiger partial charge >= 0.3 is 0 Å². The van der Waals surface area contributed by atoms with Crippen LogP contribution in [0.1, 0.15) is 349 Å². The quantitative estimate of drug-likeness (QED) is 0.0427. The molecule has 558 valence electrons. The first-order valence-electron chi connectivity index (χ1n) is 40.4. The Morgan fingerprint density at radius 3 is 0.521 bits per heavy atom. The number of nitrogens with zero attached hydrogens (tertiary/aromatic N) is 7. The van der Waals surface area contributed by atoms with Gasteiger partial charge in [-0.25, -0.2) is 0 Å². The van der Waals surface area contributed by atoms with Crippen LogP contribution >= 0.6 is 0 Å². The lowest BCUT2D eigenvalue weighted by atomic mass is 10.1. The predicted molar refractivity (Wildman–Crippen MR) is 398 cm³/mol. The minimum absolute atomic E-state index is 0.00172. The first kappa shape index (κ1) is 91.6. The van der Waals surface area contributed by atoms with Crippen molar-refractivity contribution in [3.63, 3.8) is 0 Å². The van der Waals surface area contributed by atoms with Crippen LogP contribution in [0.4, 0.5) is 0 Å². The third-order valence-electron chi connectivity index (χ3n) is 19.8. The maximum atomic E-state index is 13.6. The average Bonchev–Trinajstić information content (AvgIpc) is 1.61. The third-order valence-corrected chi connectivity index (χ3v) is 19.8. The Kier molecular flexibility index (Phi) is 64.8. The van der Waals surface area contributed by atoms with E-state index in [2.05, 4.69) is 32.6 Å². The van der Waals surface area contributed by atoms with Crippen molar-refractivity contribution in [3.8, 4) is 0 Å². The van der Waals surface area contributed by atoms with Crippen LogP contribution < -0.4 is 0 Å². The number of carbonyl (C=O) groups excluding carboxylic acids is 4. The molecule has 0 bridgehead atoms. The van der Waals surface area contributed by atoms with Gasteiger partial charge in [-0.3, -0.25) is 29.0 Å². The van der Waals surface area contributed by atoms with E-state index in [4.69, 9.17) is 0 Å². The smallest absolute Gasteiger partial charge is 0.252 e. The second-order valence-corrected chi connectivity index (χ2v) is 29.2. The number of likely N-dealkylation sites (N-methyl/N-ethyl adjacent to an activating group) is 4. The molecule has 0 aliphatic rings. The molecule has 0 aromatic carbocycles. The average molecular weight is 1340 g/mol. The molecule has 0 aliphatic carbocycles. The molecule has 0 fully saturated rings. The summed E-state index contributed by atoms with van der Waals surface area (Å²) < 4.78 is 0. The van der Waals surface area contributed by atoms with E-state index in [9.17, 15) is 39.6 Å². The summed E-state index contributed by atoms with van der Waals surface area (Å²) in [7, 11) is 9.03. The number of carbonyl (C=O) groups is 4. The highest BCUT2D eigenvalue weighted by Gasteiger charge is 2.29. The Bertz CT molecular complexity index is 1470. The van der Waals surface area contributed by atoms with Gasteiger partial charge in [0.05, 0.1) is 0 Å². The van der Waals surface area contributed by atoms with Crippen molar-refractivity contribution in [2.75, 3.05) is 114 Å². The van der Waals surface area contributed by atoms with Crippen LogP contribution in [0.5, 0.6) is 0 Å². The van der Waals surface area contributed by atoms with Gasteiger partial charge in [-0.2, -0.15) is 0 Å². The van der Waals surface area contributed by atoms with Crippen LogP contribution in [-0.4, -0.2) is 217 Å². The van der Waals surface area contributed by atoms with E-state index in [0.717, 1.165) is 77.0 Å². The number of unbranched alkanes of at least 4 members (excludes halogenated alkanes) is 44. The van der Waals surface area contributed by atoms with Gasteiger partial charge in [-0.15, -0.1) is 0 Å². The van der Waals surface area contributed by atoms with E-state index in [-0.39, 0.29) is 49.8 Å². The Morgan fingerprint density at radius 1 is 0.213 bits per heavy atom. The van der Waals surface area contributed by atoms with Gasteiger partial charge in [0, 0.05) is 80.5 Å². The fourth-order valence-corrected chi connectivity index (χ4v) is 13.3. The van der Waals surface area contributed by atoms with Crippen molar-refractivity contribution in [1.82, 2.24) is 34.3 Å². The van der Waals surface area contributed by atoms with E-state index in [0.29, 0.717) is 65.2 Å². The summed E-state index contributed by atoms with van der Waals surface area (Å²) in [5, 5.41) is 45.7. The molecule has 0 saturated carbocycles.